The van der Waals surface area contributed by atoms with Gasteiger partial charge in [0.05, 0.1) is 26.4 Å². The summed E-state index contributed by atoms with van der Waals surface area (Å²) >= 11 is 0. The van der Waals surface area contributed by atoms with E-state index >= 15 is 0 Å². The summed E-state index contributed by atoms with van der Waals surface area (Å²) in [5.41, 5.74) is 3.60. The van der Waals surface area contributed by atoms with Gasteiger partial charge in [-0.3, -0.25) is 0 Å². The molecule has 3 heteroatoms. The number of aliphatic hydroxyl groups excluding tert-OH is 1. The van der Waals surface area contributed by atoms with E-state index in [0.717, 1.165) is 36.3 Å². The SMILES string of the molecule is CCCCCc1cc(OC)c(C2=CC3(CO)CCC2C3(C)C)c(OC)c1. The second-order valence-electron chi connectivity index (χ2n) is 8.56. The minimum atomic E-state index is -0.122. The number of benzene rings is 1. The van der Waals surface area contributed by atoms with Gasteiger partial charge in [-0.2, -0.15) is 0 Å². The standard InChI is InChI=1S/C23H34O3/c1-6-7-8-9-16-12-19(25-4)21(20(13-16)26-5)17-14-23(15-24)11-10-18(17)22(23,2)3/h12-14,18,24H,6-11,15H2,1-5H3. The molecule has 0 amide bonds. The average molecular weight is 359 g/mol. The lowest BCUT2D eigenvalue weighted by Crippen LogP contribution is -2.33. The van der Waals surface area contributed by atoms with E-state index in [4.69, 9.17) is 9.47 Å². The molecule has 0 heterocycles. The van der Waals surface area contributed by atoms with E-state index < -0.39 is 0 Å². The molecule has 26 heavy (non-hydrogen) atoms. The van der Waals surface area contributed by atoms with Crippen LogP contribution in [0.3, 0.4) is 0 Å². The molecule has 2 bridgehead atoms. The van der Waals surface area contributed by atoms with Crippen molar-refractivity contribution < 1.29 is 14.6 Å². The number of hydrogen-bond acceptors (Lipinski definition) is 3. The van der Waals surface area contributed by atoms with Crippen LogP contribution >= 0.6 is 0 Å². The van der Waals surface area contributed by atoms with Crippen LogP contribution in [0.5, 0.6) is 11.5 Å². The third kappa shape index (κ3) is 2.85. The van der Waals surface area contributed by atoms with Gasteiger partial charge in [0, 0.05) is 5.41 Å². The van der Waals surface area contributed by atoms with Crippen LogP contribution in [-0.4, -0.2) is 25.9 Å². The highest BCUT2D eigenvalue weighted by Crippen LogP contribution is 2.67. The fourth-order valence-electron chi connectivity index (χ4n) is 5.18. The number of methoxy groups -OCH3 is 2. The van der Waals surface area contributed by atoms with Gasteiger partial charge in [0.2, 0.25) is 0 Å². The van der Waals surface area contributed by atoms with E-state index in [0.29, 0.717) is 5.92 Å². The topological polar surface area (TPSA) is 38.7 Å². The Kier molecular flexibility index (Phi) is 5.39. The number of fused-ring (bicyclic) bond motifs is 2. The predicted molar refractivity (Wildman–Crippen MR) is 107 cm³/mol. The maximum Gasteiger partial charge on any atom is 0.130 e. The molecule has 2 unspecified atom stereocenters. The van der Waals surface area contributed by atoms with Crippen LogP contribution in [0.4, 0.5) is 0 Å². The Morgan fingerprint density at radius 2 is 1.77 bits per heavy atom. The summed E-state index contributed by atoms with van der Waals surface area (Å²) in [7, 11) is 3.49. The fourth-order valence-corrected chi connectivity index (χ4v) is 5.18. The molecule has 1 saturated carbocycles. The zero-order valence-electron chi connectivity index (χ0n) is 17.0. The Balaban J connectivity index is 2.04. The molecule has 0 aromatic heterocycles. The fraction of sp³-hybridized carbons (Fsp3) is 0.652. The highest BCUT2D eigenvalue weighted by molar-refractivity contribution is 5.81. The first-order valence-electron chi connectivity index (χ1n) is 10.0. The summed E-state index contributed by atoms with van der Waals surface area (Å²) in [5.74, 6) is 2.24. The molecule has 3 nitrogen and oxygen atoms in total. The van der Waals surface area contributed by atoms with Gasteiger partial charge in [-0.15, -0.1) is 0 Å². The van der Waals surface area contributed by atoms with Crippen molar-refractivity contribution in [2.24, 2.45) is 16.7 Å². The highest BCUT2D eigenvalue weighted by Gasteiger charge is 2.59. The number of allylic oxidation sites excluding steroid dienone is 1. The monoisotopic (exact) mass is 358 g/mol. The first kappa shape index (κ1) is 19.3. The van der Waals surface area contributed by atoms with Crippen LogP contribution in [0.15, 0.2) is 18.2 Å². The van der Waals surface area contributed by atoms with Gasteiger partial charge in [0.25, 0.3) is 0 Å². The van der Waals surface area contributed by atoms with Crippen molar-refractivity contribution in [3.05, 3.63) is 29.3 Å². The number of aliphatic hydroxyl groups is 1. The van der Waals surface area contributed by atoms with Gasteiger partial charge in [-0.25, -0.2) is 0 Å². The van der Waals surface area contributed by atoms with Crippen LogP contribution < -0.4 is 9.47 Å². The zero-order chi connectivity index (χ0) is 18.9. The summed E-state index contributed by atoms with van der Waals surface area (Å²) in [6, 6.07) is 4.36. The van der Waals surface area contributed by atoms with Crippen LogP contribution in [0, 0.1) is 16.7 Å². The summed E-state index contributed by atoms with van der Waals surface area (Å²) in [6.07, 6.45) is 9.20. The van der Waals surface area contributed by atoms with Gasteiger partial charge in [-0.05, 0) is 60.3 Å². The molecule has 0 spiro atoms. The van der Waals surface area contributed by atoms with Gasteiger partial charge in [-0.1, -0.05) is 39.7 Å². The van der Waals surface area contributed by atoms with E-state index in [1.54, 1.807) is 14.2 Å². The molecule has 0 saturated heterocycles. The summed E-state index contributed by atoms with van der Waals surface area (Å²) in [4.78, 5) is 0. The van der Waals surface area contributed by atoms with Crippen LogP contribution in [0.25, 0.3) is 5.57 Å². The largest absolute Gasteiger partial charge is 0.496 e. The maximum atomic E-state index is 10.2. The second-order valence-corrected chi connectivity index (χ2v) is 8.56. The lowest BCUT2D eigenvalue weighted by atomic mass is 9.69. The first-order chi connectivity index (χ1) is 12.4. The minimum Gasteiger partial charge on any atom is -0.496 e. The Hall–Kier alpha value is -1.48. The number of hydrogen-bond donors (Lipinski definition) is 1. The molecule has 2 atom stereocenters. The quantitative estimate of drug-likeness (QED) is 0.645. The van der Waals surface area contributed by atoms with Crippen molar-refractivity contribution in [2.75, 3.05) is 20.8 Å². The van der Waals surface area contributed by atoms with E-state index in [-0.39, 0.29) is 17.4 Å². The molecular formula is C23H34O3. The van der Waals surface area contributed by atoms with Gasteiger partial charge in [0.15, 0.2) is 0 Å². The number of aryl methyl sites for hydroxylation is 1. The normalized spacial score (nSPS) is 26.1. The Morgan fingerprint density at radius 3 is 2.27 bits per heavy atom. The molecule has 2 aliphatic carbocycles. The van der Waals surface area contributed by atoms with E-state index in [1.165, 1.54) is 30.4 Å². The van der Waals surface area contributed by atoms with Crippen molar-refractivity contribution in [3.8, 4) is 11.5 Å². The molecule has 1 aromatic carbocycles. The van der Waals surface area contributed by atoms with Crippen molar-refractivity contribution >= 4 is 5.57 Å². The molecule has 1 N–H and O–H groups in total. The molecule has 3 rings (SSSR count). The molecule has 2 aliphatic rings. The molecule has 0 radical (unpaired) electrons. The minimum absolute atomic E-state index is 0.0624. The summed E-state index contributed by atoms with van der Waals surface area (Å²) in [6.45, 7) is 7.02. The summed E-state index contributed by atoms with van der Waals surface area (Å²) in [5, 5.41) is 10.2. The summed E-state index contributed by atoms with van der Waals surface area (Å²) < 4.78 is 11.6. The number of unbranched alkanes of at least 4 members (excludes halogenated alkanes) is 2. The number of rotatable bonds is 8. The second kappa shape index (κ2) is 7.26. The van der Waals surface area contributed by atoms with E-state index in [2.05, 4.69) is 39.0 Å². The van der Waals surface area contributed by atoms with Crippen molar-refractivity contribution in [3.63, 3.8) is 0 Å². The van der Waals surface area contributed by atoms with Crippen LogP contribution in [-0.2, 0) is 6.42 Å². The van der Waals surface area contributed by atoms with Crippen molar-refractivity contribution in [2.45, 2.75) is 59.3 Å². The van der Waals surface area contributed by atoms with Gasteiger partial charge in [0.1, 0.15) is 11.5 Å². The van der Waals surface area contributed by atoms with Gasteiger partial charge >= 0.3 is 0 Å². The van der Waals surface area contributed by atoms with Crippen molar-refractivity contribution in [1.82, 2.24) is 0 Å². The molecule has 1 fully saturated rings. The third-order valence-electron chi connectivity index (χ3n) is 7.05. The Labute approximate surface area is 158 Å². The number of ether oxygens (including phenoxy) is 2. The first-order valence-corrected chi connectivity index (χ1v) is 10.0. The maximum absolute atomic E-state index is 10.2. The average Bonchev–Trinajstić information content (AvgIpc) is 3.03. The lowest BCUT2D eigenvalue weighted by molar-refractivity contribution is 0.0761. The van der Waals surface area contributed by atoms with Crippen LogP contribution in [0.1, 0.15) is 64.0 Å². The van der Waals surface area contributed by atoms with Crippen LogP contribution in [0.2, 0.25) is 0 Å². The molecule has 144 valence electrons. The highest BCUT2D eigenvalue weighted by atomic mass is 16.5. The molecule has 0 aliphatic heterocycles. The van der Waals surface area contributed by atoms with Crippen molar-refractivity contribution in [1.29, 1.82) is 0 Å². The lowest BCUT2D eigenvalue weighted by Gasteiger charge is -2.35. The van der Waals surface area contributed by atoms with E-state index in [9.17, 15) is 5.11 Å². The van der Waals surface area contributed by atoms with E-state index in [1.807, 2.05) is 0 Å². The van der Waals surface area contributed by atoms with Gasteiger partial charge < -0.3 is 14.6 Å². The predicted octanol–water partition coefficient (Wildman–Crippen LogP) is 5.25. The molecule has 1 aromatic rings. The third-order valence-corrected chi connectivity index (χ3v) is 7.05. The Bertz CT molecular complexity index is 664. The molecular weight excluding hydrogens is 324 g/mol. The smallest absolute Gasteiger partial charge is 0.130 e. The zero-order valence-corrected chi connectivity index (χ0v) is 17.0. The Morgan fingerprint density at radius 1 is 1.12 bits per heavy atom.